The van der Waals surface area contributed by atoms with E-state index >= 15 is 0 Å². The molecule has 0 radical (unpaired) electrons. The van der Waals surface area contributed by atoms with Crippen molar-refractivity contribution in [1.29, 1.82) is 0 Å². The summed E-state index contributed by atoms with van der Waals surface area (Å²) in [5.41, 5.74) is 6.37. The minimum atomic E-state index is -1.62. The van der Waals surface area contributed by atoms with Crippen molar-refractivity contribution in [3.63, 3.8) is 0 Å². The minimum Gasteiger partial charge on any atom is -0.481 e. The number of rotatable bonds is 13. The highest BCUT2D eigenvalue weighted by atomic mass is 16.4. The van der Waals surface area contributed by atoms with Gasteiger partial charge >= 0.3 is 11.9 Å². The Kier molecular flexibility index (Phi) is 10.4. The summed E-state index contributed by atoms with van der Waals surface area (Å²) in [5, 5.41) is 34.5. The molecule has 9 N–H and O–H groups in total. The van der Waals surface area contributed by atoms with Crippen molar-refractivity contribution >= 4 is 29.7 Å². The van der Waals surface area contributed by atoms with Crippen LogP contribution >= 0.6 is 0 Å². The molecule has 1 aromatic rings. The summed E-state index contributed by atoms with van der Waals surface area (Å²) in [7, 11) is 0. The molecule has 5 atom stereocenters. The number of carboxylic acids is 2. The summed E-state index contributed by atoms with van der Waals surface area (Å²) < 4.78 is 0. The number of carbonyl (C=O) groups excluding carboxylic acids is 3. The van der Waals surface area contributed by atoms with Gasteiger partial charge in [-0.15, -0.1) is 0 Å². The first kappa shape index (κ1) is 27.5. The van der Waals surface area contributed by atoms with Crippen LogP contribution in [0.25, 0.3) is 0 Å². The number of imidazole rings is 1. The van der Waals surface area contributed by atoms with E-state index in [2.05, 4.69) is 25.9 Å². The number of nitrogens with one attached hydrogen (secondary N) is 4. The fourth-order valence-electron chi connectivity index (χ4n) is 2.81. The third-order valence-electron chi connectivity index (χ3n) is 4.64. The van der Waals surface area contributed by atoms with Gasteiger partial charge < -0.3 is 42.0 Å². The van der Waals surface area contributed by atoms with Gasteiger partial charge in [0.25, 0.3) is 0 Å². The van der Waals surface area contributed by atoms with Crippen molar-refractivity contribution < 1.29 is 39.3 Å². The maximum atomic E-state index is 12.7. The molecule has 0 aliphatic heterocycles. The van der Waals surface area contributed by atoms with E-state index in [0.717, 1.165) is 0 Å². The van der Waals surface area contributed by atoms with Crippen LogP contribution in [0.2, 0.25) is 0 Å². The van der Waals surface area contributed by atoms with Crippen LogP contribution in [0, 0.1) is 5.92 Å². The average molecular weight is 470 g/mol. The molecule has 14 heteroatoms. The molecule has 33 heavy (non-hydrogen) atoms. The highest BCUT2D eigenvalue weighted by Gasteiger charge is 2.34. The number of aromatic nitrogens is 2. The van der Waals surface area contributed by atoms with E-state index in [0.29, 0.717) is 5.69 Å². The molecular formula is C19H30N6O8. The van der Waals surface area contributed by atoms with Crippen LogP contribution in [-0.4, -0.2) is 85.2 Å². The second kappa shape index (κ2) is 12.5. The summed E-state index contributed by atoms with van der Waals surface area (Å²) in [6.45, 7) is 4.30. The Balaban J connectivity index is 2.92. The van der Waals surface area contributed by atoms with E-state index in [1.54, 1.807) is 13.8 Å². The predicted molar refractivity (Wildman–Crippen MR) is 112 cm³/mol. The fraction of sp³-hybridized carbons (Fsp3) is 0.579. The van der Waals surface area contributed by atoms with Gasteiger partial charge in [0.2, 0.25) is 17.7 Å². The van der Waals surface area contributed by atoms with Crippen LogP contribution in [-0.2, 0) is 30.4 Å². The average Bonchev–Trinajstić information content (AvgIpc) is 3.21. The van der Waals surface area contributed by atoms with Gasteiger partial charge in [0.1, 0.15) is 12.1 Å². The molecule has 0 aliphatic carbocycles. The number of carbonyl (C=O) groups is 5. The summed E-state index contributed by atoms with van der Waals surface area (Å²) in [5.74, 6) is -6.07. The Bertz CT molecular complexity index is 841. The Labute approximate surface area is 189 Å². The second-order valence-corrected chi connectivity index (χ2v) is 7.84. The van der Waals surface area contributed by atoms with Gasteiger partial charge in [-0.3, -0.25) is 19.2 Å². The van der Waals surface area contributed by atoms with E-state index in [1.807, 2.05) is 0 Å². The fourth-order valence-corrected chi connectivity index (χ4v) is 2.81. The van der Waals surface area contributed by atoms with Gasteiger partial charge in [-0.25, -0.2) is 9.78 Å². The molecule has 0 aliphatic rings. The summed E-state index contributed by atoms with van der Waals surface area (Å²) in [4.78, 5) is 66.7. The molecule has 1 rings (SSSR count). The van der Waals surface area contributed by atoms with Crippen molar-refractivity contribution in [1.82, 2.24) is 25.9 Å². The van der Waals surface area contributed by atoms with Gasteiger partial charge in [-0.1, -0.05) is 13.8 Å². The first-order valence-corrected chi connectivity index (χ1v) is 10.1. The van der Waals surface area contributed by atoms with Gasteiger partial charge in [-0.05, 0) is 12.8 Å². The van der Waals surface area contributed by atoms with Crippen LogP contribution in [0.5, 0.6) is 0 Å². The molecule has 0 saturated carbocycles. The van der Waals surface area contributed by atoms with Gasteiger partial charge in [0.15, 0.2) is 6.04 Å². The monoisotopic (exact) mass is 470 g/mol. The van der Waals surface area contributed by atoms with Crippen molar-refractivity contribution in [3.8, 4) is 0 Å². The lowest BCUT2D eigenvalue weighted by atomic mass is 10.0. The van der Waals surface area contributed by atoms with E-state index in [-0.39, 0.29) is 6.42 Å². The molecular weight excluding hydrogens is 440 g/mol. The number of nitrogens with zero attached hydrogens (tertiary/aromatic N) is 1. The van der Waals surface area contributed by atoms with E-state index in [4.69, 9.17) is 15.9 Å². The highest BCUT2D eigenvalue weighted by molar-refractivity contribution is 5.95. The van der Waals surface area contributed by atoms with Crippen LogP contribution in [0.3, 0.4) is 0 Å². The predicted octanol–water partition coefficient (Wildman–Crippen LogP) is -2.67. The van der Waals surface area contributed by atoms with E-state index in [1.165, 1.54) is 19.4 Å². The Morgan fingerprint density at radius 2 is 1.61 bits per heavy atom. The van der Waals surface area contributed by atoms with Crippen LogP contribution in [0.15, 0.2) is 12.5 Å². The lowest BCUT2D eigenvalue weighted by Crippen LogP contribution is -2.59. The number of amides is 3. The second-order valence-electron chi connectivity index (χ2n) is 7.84. The molecule has 184 valence electrons. The number of H-pyrrole nitrogens is 1. The zero-order valence-electron chi connectivity index (χ0n) is 18.4. The zero-order valence-corrected chi connectivity index (χ0v) is 18.4. The third-order valence-corrected chi connectivity index (χ3v) is 4.64. The van der Waals surface area contributed by atoms with E-state index in [9.17, 15) is 29.1 Å². The number of aliphatic carboxylic acids is 2. The van der Waals surface area contributed by atoms with Crippen molar-refractivity contribution in [3.05, 3.63) is 18.2 Å². The normalized spacial score (nSPS) is 15.6. The highest BCUT2D eigenvalue weighted by Crippen LogP contribution is 2.06. The maximum Gasteiger partial charge on any atom is 0.328 e. The van der Waals surface area contributed by atoms with Crippen LogP contribution in [0.1, 0.15) is 32.9 Å². The first-order chi connectivity index (χ1) is 15.3. The molecule has 0 aromatic carbocycles. The standard InChI is InChI=1S/C19H30N6O8/c1-8(2)14(18(31)25-15(9(3)26)19(32)33)24-17(30)12(5-13(27)28)23-16(29)11(20)4-10-6-21-7-22-10/h6-9,11-12,14-15,26H,4-5,20H2,1-3H3,(H,21,22)(H,23,29)(H,24,30)(H,25,31)(H,27,28)(H,32,33). The van der Waals surface area contributed by atoms with Crippen molar-refractivity contribution in [2.45, 2.75) is 63.9 Å². The summed E-state index contributed by atoms with van der Waals surface area (Å²) in [6, 6.07) is -5.55. The molecule has 0 spiro atoms. The van der Waals surface area contributed by atoms with E-state index < -0.39 is 72.3 Å². The van der Waals surface area contributed by atoms with Gasteiger partial charge in [0, 0.05) is 18.3 Å². The Morgan fingerprint density at radius 1 is 1.00 bits per heavy atom. The Hall–Kier alpha value is -3.52. The zero-order chi connectivity index (χ0) is 25.3. The van der Waals surface area contributed by atoms with Gasteiger partial charge in [-0.2, -0.15) is 0 Å². The molecule has 0 saturated heterocycles. The smallest absolute Gasteiger partial charge is 0.328 e. The SMILES string of the molecule is CC(C)C(NC(=O)C(CC(=O)O)NC(=O)C(N)Cc1cnc[nH]1)C(=O)NC(C(=O)O)C(C)O. The third kappa shape index (κ3) is 8.86. The van der Waals surface area contributed by atoms with Gasteiger partial charge in [0.05, 0.1) is 24.9 Å². The molecule has 0 bridgehead atoms. The molecule has 14 nitrogen and oxygen atoms in total. The lowest BCUT2D eigenvalue weighted by Gasteiger charge is -2.27. The summed E-state index contributed by atoms with van der Waals surface area (Å²) in [6.07, 6.45) is 0.708. The largest absolute Gasteiger partial charge is 0.481 e. The molecule has 1 heterocycles. The first-order valence-electron chi connectivity index (χ1n) is 10.1. The number of nitrogens with two attached hydrogens (primary N) is 1. The molecule has 0 fully saturated rings. The number of aromatic amines is 1. The van der Waals surface area contributed by atoms with Crippen molar-refractivity contribution in [2.75, 3.05) is 0 Å². The molecule has 1 aromatic heterocycles. The van der Waals surface area contributed by atoms with Crippen LogP contribution < -0.4 is 21.7 Å². The maximum absolute atomic E-state index is 12.7. The molecule has 3 amide bonds. The number of carboxylic acid groups (broad SMARTS) is 2. The number of aliphatic hydroxyl groups excluding tert-OH is 1. The summed E-state index contributed by atoms with van der Waals surface area (Å²) >= 11 is 0. The number of hydrogen-bond acceptors (Lipinski definition) is 8. The Morgan fingerprint density at radius 3 is 2.06 bits per heavy atom. The van der Waals surface area contributed by atoms with Crippen molar-refractivity contribution in [2.24, 2.45) is 11.7 Å². The number of hydrogen-bond donors (Lipinski definition) is 8. The van der Waals surface area contributed by atoms with Crippen LogP contribution in [0.4, 0.5) is 0 Å². The molecule has 5 unspecified atom stereocenters. The quantitative estimate of drug-likeness (QED) is 0.149. The minimum absolute atomic E-state index is 0.0557. The number of aliphatic hydroxyl groups is 1. The topological polar surface area (TPSA) is 237 Å². The lowest BCUT2D eigenvalue weighted by molar-refractivity contribution is -0.146.